The molecule has 0 saturated carbocycles. The van der Waals surface area contributed by atoms with E-state index in [9.17, 15) is 14.7 Å². The molecule has 2 aliphatic rings. The van der Waals surface area contributed by atoms with Crippen LogP contribution in [-0.4, -0.2) is 30.6 Å². The summed E-state index contributed by atoms with van der Waals surface area (Å²) < 4.78 is 5.64. The maximum atomic E-state index is 14.0. The third-order valence-electron chi connectivity index (χ3n) is 6.99. The molecule has 1 unspecified atom stereocenters. The third-order valence-corrected chi connectivity index (χ3v) is 6.99. The van der Waals surface area contributed by atoms with Crippen molar-refractivity contribution in [1.29, 1.82) is 0 Å². The van der Waals surface area contributed by atoms with Crippen LogP contribution in [0.2, 0.25) is 0 Å². The average Bonchev–Trinajstić information content (AvgIpc) is 3.18. The number of carbonyl (C=O) groups is 2. The number of benzene rings is 4. The minimum Gasteiger partial charge on any atom is -0.508 e. The van der Waals surface area contributed by atoms with Crippen molar-refractivity contribution in [3.05, 3.63) is 108 Å². The van der Waals surface area contributed by atoms with Crippen LogP contribution in [0, 0.1) is 0 Å². The second kappa shape index (κ2) is 8.57. The van der Waals surface area contributed by atoms with Crippen LogP contribution in [-0.2, 0) is 16.1 Å². The van der Waals surface area contributed by atoms with E-state index in [0.29, 0.717) is 23.5 Å². The molecule has 1 atom stereocenters. The highest BCUT2D eigenvalue weighted by Gasteiger charge is 2.40. The van der Waals surface area contributed by atoms with Crippen molar-refractivity contribution >= 4 is 23.2 Å². The lowest BCUT2D eigenvalue weighted by Crippen LogP contribution is -2.35. The first-order chi connectivity index (χ1) is 17.5. The predicted octanol–water partition coefficient (Wildman–Crippen LogP) is 5.09. The maximum Gasteiger partial charge on any atom is 0.264 e. The summed E-state index contributed by atoms with van der Waals surface area (Å²) in [5, 5.41) is 11.0. The molecule has 0 aromatic heterocycles. The Kier molecular flexibility index (Phi) is 5.22. The summed E-state index contributed by atoms with van der Waals surface area (Å²) in [6, 6.07) is 29.1. The molecule has 36 heavy (non-hydrogen) atoms. The number of hydrogen-bond acceptors (Lipinski definition) is 4. The molecule has 4 aromatic rings. The highest BCUT2D eigenvalue weighted by molar-refractivity contribution is 6.08. The summed E-state index contributed by atoms with van der Waals surface area (Å²) in [5.74, 6) is -0.557. The maximum absolute atomic E-state index is 14.0. The molecule has 0 fully saturated rings. The van der Waals surface area contributed by atoms with Crippen LogP contribution in [0.3, 0.4) is 0 Å². The fraction of sp³-hybridized carbons (Fsp3) is 0.133. The van der Waals surface area contributed by atoms with E-state index in [2.05, 4.69) is 18.2 Å². The number of phenolic OH excluding ortho intramolecular Hbond substituents is 1. The van der Waals surface area contributed by atoms with Crippen molar-refractivity contribution < 1.29 is 19.4 Å². The van der Waals surface area contributed by atoms with Crippen LogP contribution >= 0.6 is 0 Å². The number of hydrogen-bond donors (Lipinski definition) is 1. The van der Waals surface area contributed by atoms with Gasteiger partial charge in [-0.1, -0.05) is 72.8 Å². The average molecular weight is 477 g/mol. The fourth-order valence-electron chi connectivity index (χ4n) is 5.13. The molecular weight excluding hydrogens is 452 g/mol. The number of para-hydroxylation sites is 1. The van der Waals surface area contributed by atoms with Crippen LogP contribution in [0.1, 0.15) is 22.6 Å². The lowest BCUT2D eigenvalue weighted by molar-refractivity contribution is -0.121. The normalized spacial score (nSPS) is 16.5. The van der Waals surface area contributed by atoms with E-state index in [-0.39, 0.29) is 24.2 Å². The SMILES string of the molecule is CN1C(=O)COc2cc(C3C(=O)N(Cc4ccccc4-c4ccccc4)c4ccccc43)c(O)cc21. The fourth-order valence-corrected chi connectivity index (χ4v) is 5.13. The number of carbonyl (C=O) groups excluding carboxylic acids is 2. The Labute approximate surface area is 209 Å². The van der Waals surface area contributed by atoms with Gasteiger partial charge in [0, 0.05) is 24.4 Å². The van der Waals surface area contributed by atoms with Crippen LogP contribution in [0.25, 0.3) is 11.1 Å². The molecule has 0 spiro atoms. The van der Waals surface area contributed by atoms with Gasteiger partial charge < -0.3 is 19.6 Å². The number of ether oxygens (including phenoxy) is 1. The lowest BCUT2D eigenvalue weighted by atomic mass is 9.91. The molecule has 0 saturated heterocycles. The second-order valence-corrected chi connectivity index (χ2v) is 9.06. The smallest absolute Gasteiger partial charge is 0.264 e. The summed E-state index contributed by atoms with van der Waals surface area (Å²) in [7, 11) is 1.64. The van der Waals surface area contributed by atoms with Gasteiger partial charge in [0.25, 0.3) is 5.91 Å². The molecule has 178 valence electrons. The Bertz CT molecular complexity index is 1500. The summed E-state index contributed by atoms with van der Waals surface area (Å²) in [5.41, 5.74) is 5.80. The van der Waals surface area contributed by atoms with E-state index in [4.69, 9.17) is 4.74 Å². The highest BCUT2D eigenvalue weighted by Crippen LogP contribution is 2.48. The number of nitrogens with zero attached hydrogens (tertiary/aromatic N) is 2. The molecule has 1 N–H and O–H groups in total. The van der Waals surface area contributed by atoms with E-state index in [1.807, 2.05) is 60.7 Å². The van der Waals surface area contributed by atoms with Gasteiger partial charge in [0.1, 0.15) is 11.5 Å². The molecule has 6 nitrogen and oxygen atoms in total. The molecule has 2 heterocycles. The Morgan fingerprint density at radius 3 is 2.42 bits per heavy atom. The van der Waals surface area contributed by atoms with E-state index < -0.39 is 5.92 Å². The number of rotatable bonds is 4. The third kappa shape index (κ3) is 3.50. The summed E-state index contributed by atoms with van der Waals surface area (Å²) in [4.78, 5) is 29.2. The monoisotopic (exact) mass is 476 g/mol. The second-order valence-electron chi connectivity index (χ2n) is 9.06. The van der Waals surface area contributed by atoms with Crippen molar-refractivity contribution in [2.45, 2.75) is 12.5 Å². The van der Waals surface area contributed by atoms with E-state index in [0.717, 1.165) is 27.9 Å². The number of phenols is 1. The first kappa shape index (κ1) is 21.9. The van der Waals surface area contributed by atoms with Gasteiger partial charge in [-0.3, -0.25) is 9.59 Å². The number of likely N-dealkylation sites (N-methyl/N-ethyl adjacent to an activating group) is 1. The summed E-state index contributed by atoms with van der Waals surface area (Å²) in [6.07, 6.45) is 0. The van der Waals surface area contributed by atoms with Crippen molar-refractivity contribution in [3.8, 4) is 22.6 Å². The Morgan fingerprint density at radius 1 is 0.861 bits per heavy atom. The van der Waals surface area contributed by atoms with Gasteiger partial charge in [-0.05, 0) is 34.4 Å². The molecule has 0 aliphatic carbocycles. The number of anilines is 2. The largest absolute Gasteiger partial charge is 0.508 e. The number of aromatic hydroxyl groups is 1. The van der Waals surface area contributed by atoms with Gasteiger partial charge in [-0.2, -0.15) is 0 Å². The predicted molar refractivity (Wildman–Crippen MR) is 138 cm³/mol. The van der Waals surface area contributed by atoms with Gasteiger partial charge in [0.05, 0.1) is 18.2 Å². The van der Waals surface area contributed by atoms with Gasteiger partial charge in [0.2, 0.25) is 5.91 Å². The molecule has 6 heteroatoms. The van der Waals surface area contributed by atoms with E-state index in [1.54, 1.807) is 18.0 Å². The molecule has 6 rings (SSSR count). The van der Waals surface area contributed by atoms with Crippen LogP contribution in [0.15, 0.2) is 91.0 Å². The Hall–Kier alpha value is -4.58. The standard InChI is InChI=1S/C30H24N2O4/c1-31-25-16-26(33)23(15-27(25)36-18-28(31)34)29-22-13-7-8-14-24(22)32(30(29)35)17-20-11-5-6-12-21(20)19-9-3-2-4-10-19/h2-16,29,33H,17-18H2,1H3. The number of amides is 2. The van der Waals surface area contributed by atoms with Gasteiger partial charge >= 0.3 is 0 Å². The van der Waals surface area contributed by atoms with Crippen molar-refractivity contribution in [3.63, 3.8) is 0 Å². The van der Waals surface area contributed by atoms with Gasteiger partial charge in [-0.25, -0.2) is 0 Å². The van der Waals surface area contributed by atoms with E-state index in [1.165, 1.54) is 11.0 Å². The Morgan fingerprint density at radius 2 is 1.58 bits per heavy atom. The zero-order chi connectivity index (χ0) is 24.8. The van der Waals surface area contributed by atoms with Gasteiger partial charge in [0.15, 0.2) is 6.61 Å². The molecular formula is C30H24N2O4. The molecule has 2 amide bonds. The molecule has 4 aromatic carbocycles. The van der Waals surface area contributed by atoms with E-state index >= 15 is 0 Å². The quantitative estimate of drug-likeness (QED) is 0.445. The van der Waals surface area contributed by atoms with Crippen LogP contribution < -0.4 is 14.5 Å². The highest BCUT2D eigenvalue weighted by atomic mass is 16.5. The van der Waals surface area contributed by atoms with Crippen LogP contribution in [0.5, 0.6) is 11.5 Å². The van der Waals surface area contributed by atoms with Crippen molar-refractivity contribution in [2.24, 2.45) is 0 Å². The Balaban J connectivity index is 1.41. The van der Waals surface area contributed by atoms with Crippen molar-refractivity contribution in [1.82, 2.24) is 0 Å². The first-order valence-corrected chi connectivity index (χ1v) is 11.8. The van der Waals surface area contributed by atoms with Crippen LogP contribution in [0.4, 0.5) is 11.4 Å². The van der Waals surface area contributed by atoms with Gasteiger partial charge in [-0.15, -0.1) is 0 Å². The first-order valence-electron chi connectivity index (χ1n) is 11.8. The van der Waals surface area contributed by atoms with Crippen molar-refractivity contribution in [2.75, 3.05) is 23.5 Å². The number of fused-ring (bicyclic) bond motifs is 2. The molecule has 2 aliphatic heterocycles. The molecule has 0 radical (unpaired) electrons. The topological polar surface area (TPSA) is 70.1 Å². The summed E-state index contributed by atoms with van der Waals surface area (Å²) >= 11 is 0. The molecule has 0 bridgehead atoms. The lowest BCUT2D eigenvalue weighted by Gasteiger charge is -2.27. The minimum atomic E-state index is -0.679. The minimum absolute atomic E-state index is 0.0430. The summed E-state index contributed by atoms with van der Waals surface area (Å²) in [6.45, 7) is 0.322. The zero-order valence-electron chi connectivity index (χ0n) is 19.7. The zero-order valence-corrected chi connectivity index (χ0v) is 19.7.